The van der Waals surface area contributed by atoms with Crippen molar-refractivity contribution in [2.45, 2.75) is 20.8 Å². The van der Waals surface area contributed by atoms with Gasteiger partial charge in [-0.1, -0.05) is 25.9 Å². The van der Waals surface area contributed by atoms with Gasteiger partial charge in [0.25, 0.3) is 0 Å². The molecule has 0 fully saturated rings. The van der Waals surface area contributed by atoms with Gasteiger partial charge in [0.1, 0.15) is 5.84 Å². The summed E-state index contributed by atoms with van der Waals surface area (Å²) in [5.41, 5.74) is 10.8. The van der Waals surface area contributed by atoms with E-state index >= 15 is 0 Å². The smallest absolute Gasteiger partial charge is 0.144 e. The third-order valence-corrected chi connectivity index (χ3v) is 1.75. The first kappa shape index (κ1) is 10.2. The van der Waals surface area contributed by atoms with Crippen molar-refractivity contribution in [3.63, 3.8) is 0 Å². The molecule has 1 atom stereocenters. The summed E-state index contributed by atoms with van der Waals surface area (Å²) in [4.78, 5) is 0. The van der Waals surface area contributed by atoms with Gasteiger partial charge in [-0.25, -0.2) is 0 Å². The van der Waals surface area contributed by atoms with E-state index in [2.05, 4.69) is 5.16 Å². The van der Waals surface area contributed by atoms with Gasteiger partial charge in [0.2, 0.25) is 0 Å². The molecule has 0 saturated heterocycles. The highest BCUT2D eigenvalue weighted by atomic mass is 16.4. The van der Waals surface area contributed by atoms with Gasteiger partial charge in [0.05, 0.1) is 0 Å². The quantitative estimate of drug-likeness (QED) is 0.235. The largest absolute Gasteiger partial charge is 0.409 e. The van der Waals surface area contributed by atoms with Crippen LogP contribution in [0.3, 0.4) is 0 Å². The fraction of sp³-hybridized carbons (Fsp3) is 0.857. The monoisotopic (exact) mass is 159 g/mol. The molecule has 0 aromatic carbocycles. The molecule has 0 aromatic rings. The van der Waals surface area contributed by atoms with Crippen LogP contribution in [0.4, 0.5) is 0 Å². The van der Waals surface area contributed by atoms with Crippen LogP contribution in [0.1, 0.15) is 20.8 Å². The molecule has 0 amide bonds. The summed E-state index contributed by atoms with van der Waals surface area (Å²) >= 11 is 0. The summed E-state index contributed by atoms with van der Waals surface area (Å²) in [6.07, 6.45) is 0. The average molecular weight is 159 g/mol. The minimum atomic E-state index is -0.0625. The van der Waals surface area contributed by atoms with Gasteiger partial charge in [-0.3, -0.25) is 0 Å². The van der Waals surface area contributed by atoms with Gasteiger partial charge in [-0.15, -0.1) is 0 Å². The first-order valence-electron chi connectivity index (χ1n) is 3.61. The predicted molar refractivity (Wildman–Crippen MR) is 45.4 cm³/mol. The molecule has 0 spiro atoms. The molecule has 0 aliphatic carbocycles. The average Bonchev–Trinajstić information content (AvgIpc) is 1.86. The Bertz CT molecular complexity index is 148. The van der Waals surface area contributed by atoms with Crippen molar-refractivity contribution in [2.24, 2.45) is 28.0 Å². The van der Waals surface area contributed by atoms with Crippen LogP contribution in [0.5, 0.6) is 0 Å². The Hall–Kier alpha value is -0.770. The van der Waals surface area contributed by atoms with Crippen LogP contribution < -0.4 is 11.5 Å². The molecule has 0 radical (unpaired) electrons. The maximum atomic E-state index is 8.41. The van der Waals surface area contributed by atoms with E-state index in [1.807, 2.05) is 20.8 Å². The van der Waals surface area contributed by atoms with Crippen LogP contribution in [-0.2, 0) is 0 Å². The lowest BCUT2D eigenvalue weighted by Gasteiger charge is -2.27. The van der Waals surface area contributed by atoms with E-state index in [-0.39, 0.29) is 17.2 Å². The second-order valence-electron chi connectivity index (χ2n) is 3.68. The van der Waals surface area contributed by atoms with E-state index < -0.39 is 0 Å². The van der Waals surface area contributed by atoms with Crippen molar-refractivity contribution in [1.29, 1.82) is 0 Å². The normalized spacial score (nSPS) is 16.5. The number of rotatable bonds is 2. The molecule has 0 saturated carbocycles. The van der Waals surface area contributed by atoms with Gasteiger partial charge in [0, 0.05) is 12.5 Å². The zero-order chi connectivity index (χ0) is 9.07. The van der Waals surface area contributed by atoms with Gasteiger partial charge in [-0.05, 0) is 5.41 Å². The molecule has 0 rings (SSSR count). The van der Waals surface area contributed by atoms with Crippen molar-refractivity contribution in [1.82, 2.24) is 0 Å². The zero-order valence-corrected chi connectivity index (χ0v) is 7.33. The Morgan fingerprint density at radius 1 is 1.55 bits per heavy atom. The molecule has 66 valence electrons. The van der Waals surface area contributed by atoms with Crippen LogP contribution in [0.2, 0.25) is 0 Å². The summed E-state index contributed by atoms with van der Waals surface area (Å²) in [6.45, 7) is 6.41. The van der Waals surface area contributed by atoms with Crippen LogP contribution >= 0.6 is 0 Å². The Balaban J connectivity index is 4.42. The van der Waals surface area contributed by atoms with E-state index in [0.29, 0.717) is 6.54 Å². The maximum absolute atomic E-state index is 8.41. The van der Waals surface area contributed by atoms with Gasteiger partial charge in [0.15, 0.2) is 0 Å². The topological polar surface area (TPSA) is 84.6 Å². The molecule has 1 unspecified atom stereocenters. The molecule has 5 N–H and O–H groups in total. The molecule has 0 bridgehead atoms. The second kappa shape index (κ2) is 3.57. The minimum absolute atomic E-state index is 0.0505. The summed E-state index contributed by atoms with van der Waals surface area (Å²) in [7, 11) is 0. The van der Waals surface area contributed by atoms with Crippen molar-refractivity contribution in [3.8, 4) is 0 Å². The summed E-state index contributed by atoms with van der Waals surface area (Å²) in [6, 6.07) is 0. The van der Waals surface area contributed by atoms with E-state index in [1.54, 1.807) is 0 Å². The SMILES string of the molecule is CC(C)(C)C(CN)/C(N)=N/O. The maximum Gasteiger partial charge on any atom is 0.144 e. The predicted octanol–water partition coefficient (Wildman–Crippen LogP) is 0.354. The summed E-state index contributed by atoms with van der Waals surface area (Å²) in [5, 5.41) is 11.3. The van der Waals surface area contributed by atoms with Crippen molar-refractivity contribution >= 4 is 5.84 Å². The molecule has 4 nitrogen and oxygen atoms in total. The molecule has 0 aromatic heterocycles. The molecule has 11 heavy (non-hydrogen) atoms. The fourth-order valence-corrected chi connectivity index (χ4v) is 0.988. The minimum Gasteiger partial charge on any atom is -0.409 e. The number of nitrogens with zero attached hydrogens (tertiary/aromatic N) is 1. The second-order valence-corrected chi connectivity index (χ2v) is 3.68. The van der Waals surface area contributed by atoms with E-state index in [0.717, 1.165) is 0 Å². The van der Waals surface area contributed by atoms with Gasteiger partial charge < -0.3 is 16.7 Å². The summed E-state index contributed by atoms with van der Waals surface area (Å²) in [5.74, 6) is 0.146. The van der Waals surface area contributed by atoms with E-state index in [1.165, 1.54) is 0 Å². The highest BCUT2D eigenvalue weighted by molar-refractivity contribution is 5.83. The lowest BCUT2D eigenvalue weighted by molar-refractivity contribution is 0.283. The molecule has 0 aliphatic heterocycles. The van der Waals surface area contributed by atoms with Gasteiger partial charge >= 0.3 is 0 Å². The highest BCUT2D eigenvalue weighted by Gasteiger charge is 2.26. The van der Waals surface area contributed by atoms with Crippen LogP contribution in [0.15, 0.2) is 5.16 Å². The molecule has 4 heteroatoms. The molecule has 0 aliphatic rings. The molecular formula is C7H17N3O. The third kappa shape index (κ3) is 2.76. The Morgan fingerprint density at radius 2 is 2.00 bits per heavy atom. The number of amidine groups is 1. The van der Waals surface area contributed by atoms with Gasteiger partial charge in [-0.2, -0.15) is 0 Å². The standard InChI is InChI=1S/C7H17N3O/c1-7(2,3)5(4-8)6(9)10-11/h5,11H,4,8H2,1-3H3,(H2,9,10). The van der Waals surface area contributed by atoms with Crippen molar-refractivity contribution < 1.29 is 5.21 Å². The molecular weight excluding hydrogens is 142 g/mol. The lowest BCUT2D eigenvalue weighted by Crippen LogP contribution is -2.39. The zero-order valence-electron chi connectivity index (χ0n) is 7.33. The van der Waals surface area contributed by atoms with E-state index in [9.17, 15) is 0 Å². The Morgan fingerprint density at radius 3 is 2.09 bits per heavy atom. The van der Waals surface area contributed by atoms with Crippen LogP contribution in [0, 0.1) is 11.3 Å². The Labute approximate surface area is 67.3 Å². The van der Waals surface area contributed by atoms with Crippen LogP contribution in [0.25, 0.3) is 0 Å². The third-order valence-electron chi connectivity index (χ3n) is 1.75. The van der Waals surface area contributed by atoms with E-state index in [4.69, 9.17) is 16.7 Å². The number of hydrogen-bond donors (Lipinski definition) is 3. The fourth-order valence-electron chi connectivity index (χ4n) is 0.988. The van der Waals surface area contributed by atoms with Crippen molar-refractivity contribution in [3.05, 3.63) is 0 Å². The number of nitrogens with two attached hydrogens (primary N) is 2. The Kier molecular flexibility index (Phi) is 3.32. The van der Waals surface area contributed by atoms with Crippen molar-refractivity contribution in [2.75, 3.05) is 6.54 Å². The molecule has 0 heterocycles. The highest BCUT2D eigenvalue weighted by Crippen LogP contribution is 2.24. The first-order valence-corrected chi connectivity index (χ1v) is 3.61. The number of hydrogen-bond acceptors (Lipinski definition) is 3. The lowest BCUT2D eigenvalue weighted by atomic mass is 9.80. The first-order chi connectivity index (χ1) is 4.93. The van der Waals surface area contributed by atoms with Crippen LogP contribution in [-0.4, -0.2) is 17.6 Å². The number of oxime groups is 1. The summed E-state index contributed by atoms with van der Waals surface area (Å²) < 4.78 is 0.